The van der Waals surface area contributed by atoms with E-state index in [4.69, 9.17) is 19.2 Å². The van der Waals surface area contributed by atoms with Crippen molar-refractivity contribution >= 4 is 16.5 Å². The average Bonchev–Trinajstić information content (AvgIpc) is 3.50. The molecule has 0 amide bonds. The molecule has 3 aromatic rings. The predicted molar refractivity (Wildman–Crippen MR) is 114 cm³/mol. The number of thiazole rings is 1. The minimum absolute atomic E-state index is 0.303. The summed E-state index contributed by atoms with van der Waals surface area (Å²) in [7, 11) is 0. The van der Waals surface area contributed by atoms with Crippen molar-refractivity contribution < 1.29 is 14.2 Å². The van der Waals surface area contributed by atoms with Gasteiger partial charge >= 0.3 is 0 Å². The molecule has 4 heterocycles. The summed E-state index contributed by atoms with van der Waals surface area (Å²) in [5.74, 6) is 1.65. The molecule has 1 fully saturated rings. The highest BCUT2D eigenvalue weighted by molar-refractivity contribution is 7.14. The maximum absolute atomic E-state index is 5.68. The lowest BCUT2D eigenvalue weighted by atomic mass is 10.2. The molecule has 29 heavy (non-hydrogen) atoms. The van der Waals surface area contributed by atoms with Crippen molar-refractivity contribution in [2.24, 2.45) is 0 Å². The molecule has 2 aromatic heterocycles. The van der Waals surface area contributed by atoms with Crippen LogP contribution in [0.1, 0.15) is 29.8 Å². The van der Waals surface area contributed by atoms with Gasteiger partial charge in [-0.05, 0) is 50.5 Å². The van der Waals surface area contributed by atoms with Crippen LogP contribution in [0.25, 0.3) is 11.3 Å². The molecule has 0 radical (unpaired) electrons. The minimum Gasteiger partial charge on any atom is -0.454 e. The third-order valence-corrected chi connectivity index (χ3v) is 6.44. The van der Waals surface area contributed by atoms with Gasteiger partial charge in [-0.25, -0.2) is 4.98 Å². The Morgan fingerprint density at radius 3 is 2.97 bits per heavy atom. The molecule has 1 saturated heterocycles. The molecule has 0 saturated carbocycles. The molecule has 0 aliphatic carbocycles. The van der Waals surface area contributed by atoms with Gasteiger partial charge in [0.15, 0.2) is 16.6 Å². The van der Waals surface area contributed by atoms with Crippen molar-refractivity contribution in [3.05, 3.63) is 46.6 Å². The molecular weight excluding hydrogens is 386 g/mol. The first-order chi connectivity index (χ1) is 14.2. The molecule has 5 rings (SSSR count). The number of ether oxygens (including phenoxy) is 3. The summed E-state index contributed by atoms with van der Waals surface area (Å²) in [6.45, 7) is 7.11. The summed E-state index contributed by atoms with van der Waals surface area (Å²) in [4.78, 5) is 4.81. The van der Waals surface area contributed by atoms with Crippen LogP contribution < -0.4 is 14.8 Å². The topological polar surface area (TPSA) is 57.5 Å². The van der Waals surface area contributed by atoms with Gasteiger partial charge in [-0.3, -0.25) is 0 Å². The van der Waals surface area contributed by atoms with Crippen molar-refractivity contribution in [3.8, 4) is 22.8 Å². The Balaban J connectivity index is 1.33. The summed E-state index contributed by atoms with van der Waals surface area (Å²) in [6, 6.07) is 8.37. The van der Waals surface area contributed by atoms with Crippen LogP contribution in [0.5, 0.6) is 11.5 Å². The van der Waals surface area contributed by atoms with Gasteiger partial charge in [0.1, 0.15) is 0 Å². The Hall–Kier alpha value is -2.51. The van der Waals surface area contributed by atoms with E-state index in [1.54, 1.807) is 11.3 Å². The number of rotatable bonds is 6. The molecule has 1 atom stereocenters. The van der Waals surface area contributed by atoms with Gasteiger partial charge in [-0.2, -0.15) is 0 Å². The summed E-state index contributed by atoms with van der Waals surface area (Å²) < 4.78 is 18.9. The first-order valence-electron chi connectivity index (χ1n) is 10.0. The van der Waals surface area contributed by atoms with Crippen molar-refractivity contribution in [1.82, 2.24) is 9.55 Å². The van der Waals surface area contributed by atoms with Crippen LogP contribution >= 0.6 is 11.3 Å². The van der Waals surface area contributed by atoms with Crippen LogP contribution in [0.2, 0.25) is 0 Å². The fourth-order valence-electron chi connectivity index (χ4n) is 4.01. The monoisotopic (exact) mass is 411 g/mol. The van der Waals surface area contributed by atoms with Gasteiger partial charge in [0.25, 0.3) is 0 Å². The van der Waals surface area contributed by atoms with E-state index in [2.05, 4.69) is 47.3 Å². The van der Waals surface area contributed by atoms with Crippen LogP contribution in [-0.4, -0.2) is 35.6 Å². The fraction of sp³-hybridized carbons (Fsp3) is 0.409. The van der Waals surface area contributed by atoms with Gasteiger partial charge in [0, 0.05) is 42.0 Å². The number of nitrogens with zero attached hydrogens (tertiary/aromatic N) is 2. The lowest BCUT2D eigenvalue weighted by molar-refractivity contribution is 0.120. The van der Waals surface area contributed by atoms with Gasteiger partial charge in [-0.15, -0.1) is 11.3 Å². The molecule has 2 aliphatic rings. The average molecular weight is 412 g/mol. The van der Waals surface area contributed by atoms with Crippen LogP contribution in [0, 0.1) is 13.8 Å². The molecule has 0 spiro atoms. The fourth-order valence-corrected chi connectivity index (χ4v) is 4.73. The standard InChI is InChI=1S/C22H25N3O3S/c1-14-8-18(19-12-29-22(24-19)23-10-17-4-3-7-26-17)15(2)25(14)11-16-5-6-20-21(9-16)28-13-27-20/h5-6,8-9,12,17H,3-4,7,10-11,13H2,1-2H3,(H,23,24)/t17-/m0/s1. The number of aryl methyl sites for hydroxylation is 1. The van der Waals surface area contributed by atoms with E-state index in [9.17, 15) is 0 Å². The number of anilines is 1. The summed E-state index contributed by atoms with van der Waals surface area (Å²) in [5, 5.41) is 6.52. The molecule has 1 N–H and O–H groups in total. The van der Waals surface area contributed by atoms with Crippen molar-refractivity contribution in [1.29, 1.82) is 0 Å². The molecule has 7 heteroatoms. The quantitative estimate of drug-likeness (QED) is 0.643. The molecule has 6 nitrogen and oxygen atoms in total. The highest BCUT2D eigenvalue weighted by Crippen LogP contribution is 2.34. The Morgan fingerprint density at radius 2 is 2.10 bits per heavy atom. The second-order valence-corrected chi connectivity index (χ2v) is 8.47. The van der Waals surface area contributed by atoms with E-state index in [1.807, 2.05) is 6.07 Å². The molecule has 1 aromatic carbocycles. The highest BCUT2D eigenvalue weighted by Gasteiger charge is 2.18. The van der Waals surface area contributed by atoms with Crippen LogP contribution in [-0.2, 0) is 11.3 Å². The third kappa shape index (κ3) is 3.72. The van der Waals surface area contributed by atoms with E-state index in [0.717, 1.165) is 54.9 Å². The van der Waals surface area contributed by atoms with Gasteiger partial charge < -0.3 is 24.1 Å². The number of hydrogen-bond acceptors (Lipinski definition) is 6. The Bertz CT molecular complexity index is 1020. The third-order valence-electron chi connectivity index (χ3n) is 5.64. The number of aromatic nitrogens is 2. The Kier molecular flexibility index (Phi) is 4.93. The molecule has 0 unspecified atom stereocenters. The molecular formula is C22H25N3O3S. The van der Waals surface area contributed by atoms with Crippen molar-refractivity contribution in [2.45, 2.75) is 39.3 Å². The number of hydrogen-bond donors (Lipinski definition) is 1. The normalized spacial score (nSPS) is 17.8. The van der Waals surface area contributed by atoms with E-state index in [1.165, 1.54) is 22.5 Å². The van der Waals surface area contributed by atoms with Gasteiger partial charge in [0.05, 0.1) is 11.8 Å². The lowest BCUT2D eigenvalue weighted by Gasteiger charge is -2.10. The van der Waals surface area contributed by atoms with Crippen LogP contribution in [0.4, 0.5) is 5.13 Å². The Labute approximate surface area is 174 Å². The minimum atomic E-state index is 0.303. The first-order valence-corrected chi connectivity index (χ1v) is 10.9. The van der Waals surface area contributed by atoms with Crippen LogP contribution in [0.15, 0.2) is 29.6 Å². The lowest BCUT2D eigenvalue weighted by Crippen LogP contribution is -2.18. The van der Waals surface area contributed by atoms with Gasteiger partial charge in [-0.1, -0.05) is 6.07 Å². The predicted octanol–water partition coefficient (Wildman–Crippen LogP) is 4.60. The van der Waals surface area contributed by atoms with Crippen LogP contribution in [0.3, 0.4) is 0 Å². The zero-order valence-electron chi connectivity index (χ0n) is 16.7. The largest absolute Gasteiger partial charge is 0.454 e. The summed E-state index contributed by atoms with van der Waals surface area (Å²) in [5.41, 5.74) is 5.84. The number of benzene rings is 1. The smallest absolute Gasteiger partial charge is 0.231 e. The number of fused-ring (bicyclic) bond motifs is 1. The molecule has 2 aliphatic heterocycles. The Morgan fingerprint density at radius 1 is 1.21 bits per heavy atom. The molecule has 0 bridgehead atoms. The molecule has 152 valence electrons. The highest BCUT2D eigenvalue weighted by atomic mass is 32.1. The van der Waals surface area contributed by atoms with Crippen molar-refractivity contribution in [3.63, 3.8) is 0 Å². The number of nitrogens with one attached hydrogen (secondary N) is 1. The maximum Gasteiger partial charge on any atom is 0.231 e. The second-order valence-electron chi connectivity index (χ2n) is 7.61. The van der Waals surface area contributed by atoms with E-state index in [0.29, 0.717) is 12.9 Å². The summed E-state index contributed by atoms with van der Waals surface area (Å²) >= 11 is 1.65. The zero-order chi connectivity index (χ0) is 19.8. The van der Waals surface area contributed by atoms with E-state index < -0.39 is 0 Å². The first kappa shape index (κ1) is 18.5. The second kappa shape index (κ2) is 7.72. The SMILES string of the molecule is Cc1cc(-c2csc(NC[C@@H]3CCCO3)n2)c(C)n1Cc1ccc2c(c1)OCO2. The summed E-state index contributed by atoms with van der Waals surface area (Å²) in [6.07, 6.45) is 2.60. The zero-order valence-corrected chi connectivity index (χ0v) is 17.6. The van der Waals surface area contributed by atoms with Crippen molar-refractivity contribution in [2.75, 3.05) is 25.3 Å². The van der Waals surface area contributed by atoms with E-state index >= 15 is 0 Å². The van der Waals surface area contributed by atoms with E-state index in [-0.39, 0.29) is 0 Å². The maximum atomic E-state index is 5.68. The van der Waals surface area contributed by atoms with Gasteiger partial charge in [0.2, 0.25) is 6.79 Å².